The number of likely N-dealkylation sites (tertiary alicyclic amines) is 1. The van der Waals surface area contributed by atoms with Crippen molar-refractivity contribution < 1.29 is 9.47 Å². The van der Waals surface area contributed by atoms with Crippen molar-refractivity contribution in [3.05, 3.63) is 39.3 Å². The Bertz CT molecular complexity index is 845. The van der Waals surface area contributed by atoms with E-state index >= 15 is 0 Å². The molecule has 0 radical (unpaired) electrons. The van der Waals surface area contributed by atoms with Crippen molar-refractivity contribution in [2.24, 2.45) is 4.99 Å². The Kier molecular flexibility index (Phi) is 7.93. The van der Waals surface area contributed by atoms with Gasteiger partial charge in [-0.05, 0) is 44.9 Å². The number of ether oxygens (including phenoxy) is 2. The van der Waals surface area contributed by atoms with E-state index in [2.05, 4.69) is 46.5 Å². The Morgan fingerprint density at radius 2 is 1.97 bits per heavy atom. The summed E-state index contributed by atoms with van der Waals surface area (Å²) in [5.74, 6) is 2.53. The van der Waals surface area contributed by atoms with E-state index in [-0.39, 0.29) is 0 Å². The summed E-state index contributed by atoms with van der Waals surface area (Å²) < 4.78 is 10.8. The van der Waals surface area contributed by atoms with Crippen LogP contribution in [0.25, 0.3) is 0 Å². The lowest BCUT2D eigenvalue weighted by molar-refractivity contribution is 0.321. The Balaban J connectivity index is 1.58. The molecule has 2 N–H and O–H groups in total. The van der Waals surface area contributed by atoms with Crippen LogP contribution >= 0.6 is 11.3 Å². The summed E-state index contributed by atoms with van der Waals surface area (Å²) in [6.45, 7) is 10.6. The number of thiazole rings is 1. The summed E-state index contributed by atoms with van der Waals surface area (Å²) in [6, 6.07) is 6.44. The Morgan fingerprint density at radius 1 is 1.23 bits per heavy atom. The zero-order valence-electron chi connectivity index (χ0n) is 18.6. The molecule has 30 heavy (non-hydrogen) atoms. The fourth-order valence-electron chi connectivity index (χ4n) is 3.69. The molecule has 1 aliphatic heterocycles. The van der Waals surface area contributed by atoms with Crippen LogP contribution in [0.2, 0.25) is 0 Å². The molecule has 1 unspecified atom stereocenters. The SMILES string of the molecule is CCNC(=NCc1sc(C)nc1C)NC1CCN(Cc2cc(OC)cc(OC)c2)C1. The average molecular weight is 432 g/mol. The molecule has 1 fully saturated rings. The molecule has 2 heterocycles. The maximum absolute atomic E-state index is 5.40. The first-order valence-electron chi connectivity index (χ1n) is 10.4. The van der Waals surface area contributed by atoms with Gasteiger partial charge in [0.1, 0.15) is 11.5 Å². The molecule has 1 aliphatic rings. The highest BCUT2D eigenvalue weighted by atomic mass is 32.1. The van der Waals surface area contributed by atoms with Gasteiger partial charge in [-0.3, -0.25) is 4.90 Å². The van der Waals surface area contributed by atoms with Gasteiger partial charge >= 0.3 is 0 Å². The number of methoxy groups -OCH3 is 2. The van der Waals surface area contributed by atoms with Crippen molar-refractivity contribution in [2.75, 3.05) is 33.9 Å². The second-order valence-electron chi connectivity index (χ2n) is 7.52. The van der Waals surface area contributed by atoms with E-state index in [4.69, 9.17) is 14.5 Å². The number of nitrogens with one attached hydrogen (secondary N) is 2. The van der Waals surface area contributed by atoms with Gasteiger partial charge in [-0.25, -0.2) is 9.98 Å². The van der Waals surface area contributed by atoms with Crippen LogP contribution in [-0.4, -0.2) is 55.7 Å². The van der Waals surface area contributed by atoms with Gasteiger partial charge in [0, 0.05) is 43.2 Å². The molecule has 1 saturated heterocycles. The predicted octanol–water partition coefficient (Wildman–Crippen LogP) is 3.11. The van der Waals surface area contributed by atoms with E-state index in [1.807, 2.05) is 13.0 Å². The Morgan fingerprint density at radius 3 is 2.57 bits per heavy atom. The normalized spacial score (nSPS) is 17.2. The van der Waals surface area contributed by atoms with Crippen LogP contribution in [-0.2, 0) is 13.1 Å². The van der Waals surface area contributed by atoms with Gasteiger partial charge in [0.2, 0.25) is 0 Å². The molecule has 7 nitrogen and oxygen atoms in total. The standard InChI is InChI=1S/C22H33N5O2S/c1-6-23-22(24-12-21-15(2)25-16(3)30-21)26-18-7-8-27(14-18)13-17-9-19(28-4)11-20(10-17)29-5/h9-11,18H,6-8,12-14H2,1-5H3,(H2,23,24,26). The fraction of sp³-hybridized carbons (Fsp3) is 0.545. The highest BCUT2D eigenvalue weighted by molar-refractivity contribution is 7.11. The van der Waals surface area contributed by atoms with Gasteiger partial charge in [-0.15, -0.1) is 11.3 Å². The number of aromatic nitrogens is 1. The van der Waals surface area contributed by atoms with Gasteiger partial charge in [-0.2, -0.15) is 0 Å². The summed E-state index contributed by atoms with van der Waals surface area (Å²) in [5.41, 5.74) is 2.28. The molecular formula is C22H33N5O2S. The van der Waals surface area contributed by atoms with E-state index in [9.17, 15) is 0 Å². The summed E-state index contributed by atoms with van der Waals surface area (Å²) in [4.78, 5) is 13.0. The van der Waals surface area contributed by atoms with E-state index < -0.39 is 0 Å². The summed E-state index contributed by atoms with van der Waals surface area (Å²) in [6.07, 6.45) is 1.09. The van der Waals surface area contributed by atoms with Crippen molar-refractivity contribution in [3.8, 4) is 11.5 Å². The Labute approximate surface area is 183 Å². The molecule has 0 amide bonds. The predicted molar refractivity (Wildman–Crippen MR) is 123 cm³/mol. The van der Waals surface area contributed by atoms with Crippen LogP contribution in [0.5, 0.6) is 11.5 Å². The third kappa shape index (κ3) is 6.09. The van der Waals surface area contributed by atoms with Crippen LogP contribution in [0, 0.1) is 13.8 Å². The molecule has 0 aliphatic carbocycles. The molecule has 0 spiro atoms. The average Bonchev–Trinajstić information content (AvgIpc) is 3.30. The van der Waals surface area contributed by atoms with Crippen molar-refractivity contribution in [1.29, 1.82) is 0 Å². The number of nitrogens with zero attached hydrogens (tertiary/aromatic N) is 3. The zero-order chi connectivity index (χ0) is 21.5. The number of rotatable bonds is 8. The van der Waals surface area contributed by atoms with Crippen LogP contribution in [0.4, 0.5) is 0 Å². The number of benzene rings is 1. The van der Waals surface area contributed by atoms with E-state index in [1.165, 1.54) is 10.4 Å². The van der Waals surface area contributed by atoms with Crippen LogP contribution < -0.4 is 20.1 Å². The summed E-state index contributed by atoms with van der Waals surface area (Å²) in [7, 11) is 3.37. The molecule has 0 bridgehead atoms. The Hall–Kier alpha value is -2.32. The smallest absolute Gasteiger partial charge is 0.191 e. The minimum atomic E-state index is 0.375. The maximum atomic E-state index is 5.40. The molecule has 8 heteroatoms. The van der Waals surface area contributed by atoms with E-state index in [1.54, 1.807) is 25.6 Å². The minimum Gasteiger partial charge on any atom is -0.497 e. The van der Waals surface area contributed by atoms with Gasteiger partial charge in [-0.1, -0.05) is 0 Å². The highest BCUT2D eigenvalue weighted by Gasteiger charge is 2.23. The lowest BCUT2D eigenvalue weighted by atomic mass is 10.2. The second kappa shape index (κ2) is 10.6. The van der Waals surface area contributed by atoms with Crippen LogP contribution in [0.1, 0.15) is 34.5 Å². The van der Waals surface area contributed by atoms with Crippen molar-refractivity contribution >= 4 is 17.3 Å². The van der Waals surface area contributed by atoms with Crippen molar-refractivity contribution in [1.82, 2.24) is 20.5 Å². The molecule has 1 atom stereocenters. The van der Waals surface area contributed by atoms with Gasteiger partial charge < -0.3 is 20.1 Å². The third-order valence-corrected chi connectivity index (χ3v) is 6.21. The first kappa shape index (κ1) is 22.4. The lowest BCUT2D eigenvalue weighted by Gasteiger charge is -2.19. The van der Waals surface area contributed by atoms with E-state index in [0.29, 0.717) is 12.6 Å². The molecule has 2 aromatic rings. The van der Waals surface area contributed by atoms with Crippen LogP contribution in [0.15, 0.2) is 23.2 Å². The number of hydrogen-bond acceptors (Lipinski definition) is 6. The second-order valence-corrected chi connectivity index (χ2v) is 8.81. The van der Waals surface area contributed by atoms with Gasteiger partial charge in [0.25, 0.3) is 0 Å². The molecule has 0 saturated carbocycles. The molecule has 1 aromatic carbocycles. The molecule has 3 rings (SSSR count). The van der Waals surface area contributed by atoms with E-state index in [0.717, 1.165) is 60.8 Å². The summed E-state index contributed by atoms with van der Waals surface area (Å²) >= 11 is 1.72. The lowest BCUT2D eigenvalue weighted by Crippen LogP contribution is -2.44. The fourth-order valence-corrected chi connectivity index (χ4v) is 4.56. The van der Waals surface area contributed by atoms with Gasteiger partial charge in [0.05, 0.1) is 31.5 Å². The van der Waals surface area contributed by atoms with Crippen LogP contribution in [0.3, 0.4) is 0 Å². The zero-order valence-corrected chi connectivity index (χ0v) is 19.4. The topological polar surface area (TPSA) is 71.0 Å². The summed E-state index contributed by atoms with van der Waals surface area (Å²) in [5, 5.41) is 8.07. The van der Waals surface area contributed by atoms with Crippen molar-refractivity contribution in [3.63, 3.8) is 0 Å². The first-order valence-corrected chi connectivity index (χ1v) is 11.2. The highest BCUT2D eigenvalue weighted by Crippen LogP contribution is 2.24. The number of hydrogen-bond donors (Lipinski definition) is 2. The van der Waals surface area contributed by atoms with Gasteiger partial charge in [0.15, 0.2) is 5.96 Å². The molecule has 1 aromatic heterocycles. The number of aliphatic imine (C=N–C) groups is 1. The molecular weight excluding hydrogens is 398 g/mol. The first-order chi connectivity index (χ1) is 14.5. The number of guanidine groups is 1. The maximum Gasteiger partial charge on any atom is 0.191 e. The molecule has 164 valence electrons. The monoisotopic (exact) mass is 431 g/mol. The quantitative estimate of drug-likeness (QED) is 0.494. The minimum absolute atomic E-state index is 0.375. The largest absolute Gasteiger partial charge is 0.497 e. The van der Waals surface area contributed by atoms with Crippen molar-refractivity contribution in [2.45, 2.75) is 46.3 Å². The number of aryl methyl sites for hydroxylation is 2. The third-order valence-electron chi connectivity index (χ3n) is 5.16.